The summed E-state index contributed by atoms with van der Waals surface area (Å²) >= 11 is 3.53. The zero-order valence-electron chi connectivity index (χ0n) is 12.4. The lowest BCUT2D eigenvalue weighted by Crippen LogP contribution is -2.36. The van der Waals surface area contributed by atoms with Gasteiger partial charge in [0.05, 0.1) is 27.3 Å². The lowest BCUT2D eigenvalue weighted by molar-refractivity contribution is 0.123. The lowest BCUT2D eigenvalue weighted by atomic mass is 10.1. The molecule has 116 valence electrons. The van der Waals surface area contributed by atoms with Crippen LogP contribution in [0.2, 0.25) is 0 Å². The van der Waals surface area contributed by atoms with Crippen LogP contribution in [0.4, 0.5) is 5.69 Å². The molecule has 0 radical (unpaired) electrons. The van der Waals surface area contributed by atoms with Crippen LogP contribution < -0.4 is 4.90 Å². The van der Waals surface area contributed by atoms with Gasteiger partial charge in [0.15, 0.2) is 0 Å². The Kier molecular flexibility index (Phi) is 3.01. The fraction of sp³-hybridized carbons (Fsp3) is 0.222. The molecule has 0 atom stereocenters. The Bertz CT molecular complexity index is 1030. The number of phenols is 1. The highest BCUT2D eigenvalue weighted by Gasteiger charge is 2.21. The first-order valence-electron chi connectivity index (χ1n) is 7.71. The molecule has 3 nitrogen and oxygen atoms in total. The zero-order chi connectivity index (χ0) is 15.4. The van der Waals surface area contributed by atoms with E-state index in [2.05, 4.69) is 35.2 Å². The number of ether oxygens (including phenoxy) is 1. The summed E-state index contributed by atoms with van der Waals surface area (Å²) in [6.45, 7) is 3.34. The summed E-state index contributed by atoms with van der Waals surface area (Å²) < 4.78 is 10.4. The van der Waals surface area contributed by atoms with E-state index in [0.717, 1.165) is 31.0 Å². The van der Waals surface area contributed by atoms with E-state index in [1.165, 1.54) is 30.6 Å². The van der Waals surface area contributed by atoms with Crippen molar-refractivity contribution in [3.63, 3.8) is 0 Å². The van der Waals surface area contributed by atoms with Gasteiger partial charge in [-0.3, -0.25) is 0 Å². The van der Waals surface area contributed by atoms with Crippen LogP contribution in [0.25, 0.3) is 29.6 Å². The van der Waals surface area contributed by atoms with E-state index in [0.29, 0.717) is 5.75 Å². The fourth-order valence-corrected chi connectivity index (χ4v) is 6.05. The molecule has 0 saturated carbocycles. The van der Waals surface area contributed by atoms with Gasteiger partial charge in [0, 0.05) is 34.2 Å². The summed E-state index contributed by atoms with van der Waals surface area (Å²) in [5.74, 6) is 0.384. The Morgan fingerprint density at radius 2 is 1.74 bits per heavy atom. The summed E-state index contributed by atoms with van der Waals surface area (Å²) in [5.41, 5.74) is 1.22. The number of aromatic hydroxyl groups is 1. The van der Waals surface area contributed by atoms with Gasteiger partial charge in [-0.2, -0.15) is 0 Å². The molecule has 2 aromatic carbocycles. The van der Waals surface area contributed by atoms with Crippen molar-refractivity contribution in [3.8, 4) is 5.75 Å². The average Bonchev–Trinajstić information content (AvgIpc) is 3.13. The van der Waals surface area contributed by atoms with E-state index in [4.69, 9.17) is 4.74 Å². The van der Waals surface area contributed by atoms with Gasteiger partial charge in [-0.25, -0.2) is 0 Å². The SMILES string of the molecule is Oc1ccc(N2CCOCC2)c2c1sc1c3ccccc3sc12. The van der Waals surface area contributed by atoms with E-state index < -0.39 is 0 Å². The fourth-order valence-electron chi connectivity index (χ4n) is 3.34. The largest absolute Gasteiger partial charge is 0.506 e. The Hall–Kier alpha value is -1.82. The van der Waals surface area contributed by atoms with Gasteiger partial charge in [0.2, 0.25) is 0 Å². The molecule has 0 unspecified atom stereocenters. The van der Waals surface area contributed by atoms with E-state index in [1.807, 2.05) is 17.4 Å². The Morgan fingerprint density at radius 3 is 2.61 bits per heavy atom. The molecule has 1 fully saturated rings. The van der Waals surface area contributed by atoms with Crippen molar-refractivity contribution in [3.05, 3.63) is 36.4 Å². The third-order valence-corrected chi connectivity index (χ3v) is 7.01. The molecule has 1 aliphatic heterocycles. The van der Waals surface area contributed by atoms with Gasteiger partial charge in [-0.15, -0.1) is 22.7 Å². The van der Waals surface area contributed by atoms with Gasteiger partial charge >= 0.3 is 0 Å². The number of phenolic OH excluding ortho intramolecular Hbond substituents is 1. The predicted molar refractivity (Wildman–Crippen MR) is 99.4 cm³/mol. The third-order valence-electron chi connectivity index (χ3n) is 4.45. The highest BCUT2D eigenvalue weighted by Crippen LogP contribution is 2.49. The molecule has 5 rings (SSSR count). The van der Waals surface area contributed by atoms with Crippen molar-refractivity contribution >= 4 is 57.9 Å². The molecule has 0 bridgehead atoms. The Balaban J connectivity index is 1.87. The molecule has 1 saturated heterocycles. The second-order valence-corrected chi connectivity index (χ2v) is 7.84. The number of benzene rings is 2. The van der Waals surface area contributed by atoms with Crippen LogP contribution in [-0.4, -0.2) is 31.4 Å². The predicted octanol–water partition coefficient (Wildman–Crippen LogP) is 4.81. The zero-order valence-corrected chi connectivity index (χ0v) is 14.0. The van der Waals surface area contributed by atoms with Gasteiger partial charge in [0.25, 0.3) is 0 Å². The van der Waals surface area contributed by atoms with Crippen LogP contribution in [0.3, 0.4) is 0 Å². The van der Waals surface area contributed by atoms with Crippen LogP contribution >= 0.6 is 22.7 Å². The van der Waals surface area contributed by atoms with Crippen molar-refractivity contribution < 1.29 is 9.84 Å². The quantitative estimate of drug-likeness (QED) is 0.539. The number of anilines is 1. The summed E-state index contributed by atoms with van der Waals surface area (Å²) in [6.07, 6.45) is 0. The van der Waals surface area contributed by atoms with Crippen LogP contribution in [0, 0.1) is 0 Å². The van der Waals surface area contributed by atoms with Crippen LogP contribution in [0.1, 0.15) is 0 Å². The molecule has 0 amide bonds. The number of morpholine rings is 1. The minimum absolute atomic E-state index is 0.384. The summed E-state index contributed by atoms with van der Waals surface area (Å²) in [5, 5.41) is 12.9. The lowest BCUT2D eigenvalue weighted by Gasteiger charge is -2.29. The third kappa shape index (κ3) is 1.97. The maximum absolute atomic E-state index is 10.4. The second kappa shape index (κ2) is 5.09. The van der Waals surface area contributed by atoms with Crippen molar-refractivity contribution in [2.24, 2.45) is 0 Å². The summed E-state index contributed by atoms with van der Waals surface area (Å²) in [6, 6.07) is 12.4. The highest BCUT2D eigenvalue weighted by atomic mass is 32.1. The second-order valence-electron chi connectivity index (χ2n) is 5.77. The maximum Gasteiger partial charge on any atom is 0.133 e. The molecule has 2 aromatic heterocycles. The first kappa shape index (κ1) is 13.6. The Labute approximate surface area is 141 Å². The molecule has 23 heavy (non-hydrogen) atoms. The molecule has 5 heteroatoms. The first-order valence-corrected chi connectivity index (χ1v) is 9.34. The topological polar surface area (TPSA) is 32.7 Å². The number of nitrogens with zero attached hydrogens (tertiary/aromatic N) is 1. The van der Waals surface area contributed by atoms with Crippen LogP contribution in [0.5, 0.6) is 5.75 Å². The Morgan fingerprint density at radius 1 is 0.913 bits per heavy atom. The van der Waals surface area contributed by atoms with Gasteiger partial charge < -0.3 is 14.7 Å². The monoisotopic (exact) mass is 341 g/mol. The first-order chi connectivity index (χ1) is 11.3. The summed E-state index contributed by atoms with van der Waals surface area (Å²) in [7, 11) is 0. The van der Waals surface area contributed by atoms with Crippen LogP contribution in [-0.2, 0) is 4.74 Å². The molecule has 1 N–H and O–H groups in total. The van der Waals surface area contributed by atoms with Crippen molar-refractivity contribution in [2.75, 3.05) is 31.2 Å². The smallest absolute Gasteiger partial charge is 0.133 e. The number of hydrogen-bond acceptors (Lipinski definition) is 5. The van der Waals surface area contributed by atoms with E-state index in [9.17, 15) is 5.11 Å². The summed E-state index contributed by atoms with van der Waals surface area (Å²) in [4.78, 5) is 2.38. The molecule has 4 aromatic rings. The molecule has 0 spiro atoms. The maximum atomic E-state index is 10.4. The average molecular weight is 341 g/mol. The minimum atomic E-state index is 0.384. The number of hydrogen-bond donors (Lipinski definition) is 1. The number of fused-ring (bicyclic) bond motifs is 5. The van der Waals surface area contributed by atoms with Crippen molar-refractivity contribution in [1.82, 2.24) is 0 Å². The molecule has 3 heterocycles. The standard InChI is InChI=1S/C18H15NO2S2/c20-13-6-5-12(19-7-9-21-10-8-19)15-17(13)23-16-11-3-1-2-4-14(11)22-18(15)16/h1-6,20H,7-10H2. The molecular weight excluding hydrogens is 326 g/mol. The minimum Gasteiger partial charge on any atom is -0.506 e. The molecule has 0 aliphatic carbocycles. The van der Waals surface area contributed by atoms with Gasteiger partial charge in [0.1, 0.15) is 5.75 Å². The van der Waals surface area contributed by atoms with Crippen molar-refractivity contribution in [2.45, 2.75) is 0 Å². The molecular formula is C18H15NO2S2. The van der Waals surface area contributed by atoms with Gasteiger partial charge in [-0.05, 0) is 18.2 Å². The highest BCUT2D eigenvalue weighted by molar-refractivity contribution is 7.36. The van der Waals surface area contributed by atoms with Crippen LogP contribution in [0.15, 0.2) is 36.4 Å². The van der Waals surface area contributed by atoms with E-state index >= 15 is 0 Å². The van der Waals surface area contributed by atoms with E-state index in [1.54, 1.807) is 11.3 Å². The van der Waals surface area contributed by atoms with E-state index in [-0.39, 0.29) is 0 Å². The van der Waals surface area contributed by atoms with Crippen molar-refractivity contribution in [1.29, 1.82) is 0 Å². The number of rotatable bonds is 1. The molecule has 1 aliphatic rings. The normalized spacial score (nSPS) is 15.9. The van der Waals surface area contributed by atoms with Gasteiger partial charge in [-0.1, -0.05) is 18.2 Å². The number of thiophene rings is 2.